The van der Waals surface area contributed by atoms with Gasteiger partial charge >= 0.3 is 0 Å². The molecule has 6 atom stereocenters. The first-order valence-electron chi connectivity index (χ1n) is 9.18. The maximum absolute atomic E-state index is 12.7. The van der Waals surface area contributed by atoms with Crippen molar-refractivity contribution < 1.29 is 38.3 Å². The van der Waals surface area contributed by atoms with E-state index in [1.807, 2.05) is 0 Å². The molecule has 25 heavy (non-hydrogen) atoms. The van der Waals surface area contributed by atoms with Gasteiger partial charge in [-0.3, -0.25) is 4.79 Å². The molecule has 0 amide bonds. The SMILES string of the molecule is CC(=O)[C@]12C[C@@H]3C[C@H]4c5[nH]c6ccccc6c5C[C@H]([C@H]41)[N@@+](C)(C3)O2.[I-]. The Balaban J connectivity index is 0.00000140. The van der Waals surface area contributed by atoms with Crippen LogP contribution in [0.15, 0.2) is 24.3 Å². The number of likely N-dealkylation sites (N-methyl/N-ethyl adjacent to an activating group) is 1. The number of hydrogen-bond acceptors (Lipinski definition) is 2. The van der Waals surface area contributed by atoms with Crippen LogP contribution in [0.2, 0.25) is 0 Å². The molecule has 4 nitrogen and oxygen atoms in total. The summed E-state index contributed by atoms with van der Waals surface area (Å²) < 4.78 is 0.643. The fraction of sp³-hybridized carbons (Fsp3) is 0.550. The Bertz CT molecular complexity index is 908. The summed E-state index contributed by atoms with van der Waals surface area (Å²) in [4.78, 5) is 23.0. The number of quaternary nitrogens is 1. The summed E-state index contributed by atoms with van der Waals surface area (Å²) in [5.74, 6) is 1.61. The van der Waals surface area contributed by atoms with Crippen LogP contribution in [0.3, 0.4) is 0 Å². The molecule has 1 aromatic carbocycles. The molecule has 2 saturated heterocycles. The largest absolute Gasteiger partial charge is 1.00 e. The van der Waals surface area contributed by atoms with Crippen LogP contribution in [-0.4, -0.2) is 40.6 Å². The van der Waals surface area contributed by atoms with Crippen molar-refractivity contribution in [3.8, 4) is 0 Å². The first-order chi connectivity index (χ1) is 11.5. The van der Waals surface area contributed by atoms with Gasteiger partial charge in [-0.2, -0.15) is 9.48 Å². The predicted molar refractivity (Wildman–Crippen MR) is 90.3 cm³/mol. The number of nitrogens with one attached hydrogen (secondary N) is 1. The zero-order valence-corrected chi connectivity index (χ0v) is 16.7. The Morgan fingerprint density at radius 3 is 2.96 bits per heavy atom. The van der Waals surface area contributed by atoms with Crippen LogP contribution in [0.4, 0.5) is 0 Å². The number of nitrogens with zero attached hydrogens (tertiary/aromatic N) is 1. The number of ketones is 1. The van der Waals surface area contributed by atoms with Crippen LogP contribution in [0, 0.1) is 11.8 Å². The van der Waals surface area contributed by atoms with Crippen molar-refractivity contribution in [2.75, 3.05) is 13.6 Å². The maximum Gasteiger partial charge on any atom is 0.194 e. The highest BCUT2D eigenvalue weighted by molar-refractivity contribution is 5.88. The fourth-order valence-corrected chi connectivity index (χ4v) is 6.79. The molecule has 6 rings (SSSR count). The molecule has 0 radical (unpaired) electrons. The lowest BCUT2D eigenvalue weighted by molar-refractivity contribution is -1.11. The minimum Gasteiger partial charge on any atom is -1.00 e. The van der Waals surface area contributed by atoms with Gasteiger partial charge in [0.25, 0.3) is 0 Å². The Morgan fingerprint density at radius 1 is 1.36 bits per heavy atom. The molecule has 4 aliphatic rings. The normalized spacial score (nSPS) is 43.0. The number of benzene rings is 1. The number of rotatable bonds is 1. The number of fused-ring (bicyclic) bond motifs is 7. The van der Waals surface area contributed by atoms with Crippen molar-refractivity contribution >= 4 is 16.7 Å². The Labute approximate surface area is 164 Å². The second-order valence-corrected chi connectivity index (χ2v) is 8.67. The quantitative estimate of drug-likeness (QED) is 0.489. The molecule has 132 valence electrons. The average molecular weight is 450 g/mol. The summed E-state index contributed by atoms with van der Waals surface area (Å²) in [5.41, 5.74) is 3.58. The summed E-state index contributed by atoms with van der Waals surface area (Å²) in [6, 6.07) is 9.06. The molecule has 2 aliphatic carbocycles. The van der Waals surface area contributed by atoms with Crippen molar-refractivity contribution in [2.45, 2.75) is 43.7 Å². The van der Waals surface area contributed by atoms with Gasteiger partial charge in [0.2, 0.25) is 0 Å². The van der Waals surface area contributed by atoms with E-state index in [0.717, 1.165) is 19.4 Å². The zero-order chi connectivity index (χ0) is 16.3. The Kier molecular flexibility index (Phi) is 3.17. The van der Waals surface area contributed by atoms with E-state index in [4.69, 9.17) is 4.84 Å². The topological polar surface area (TPSA) is 42.1 Å². The van der Waals surface area contributed by atoms with E-state index < -0.39 is 5.60 Å². The molecule has 2 aromatic rings. The van der Waals surface area contributed by atoms with E-state index in [9.17, 15) is 4.79 Å². The van der Waals surface area contributed by atoms with Crippen LogP contribution in [0.1, 0.15) is 36.9 Å². The number of Topliss-reactive ketones (excluding diaryl/α,β-unsaturated/α-hetero) is 1. The van der Waals surface area contributed by atoms with E-state index in [0.29, 0.717) is 28.4 Å². The van der Waals surface area contributed by atoms with Gasteiger partial charge in [-0.05, 0) is 31.4 Å². The van der Waals surface area contributed by atoms with Gasteiger partial charge in [0.1, 0.15) is 12.6 Å². The van der Waals surface area contributed by atoms with Gasteiger partial charge in [0.05, 0.1) is 13.0 Å². The van der Waals surface area contributed by atoms with Crippen molar-refractivity contribution in [3.05, 3.63) is 35.5 Å². The van der Waals surface area contributed by atoms with Crippen LogP contribution in [0.25, 0.3) is 10.9 Å². The summed E-state index contributed by atoms with van der Waals surface area (Å²) in [5, 5.41) is 1.36. The summed E-state index contributed by atoms with van der Waals surface area (Å²) in [7, 11) is 2.22. The standard InChI is InChI=1S/C20H23N2O2.HI/c1-11(23)20-9-12-7-15-18(20)17(22(2,10-12)24-20)8-14-13-5-3-4-6-16(13)21-19(14)15;/h3-6,12,15,17-18,21H,7-10H2,1-2H3;1H/q+1;/p-1/t12-,15+,17+,18-,20+,22+;/m0./s1. The smallest absolute Gasteiger partial charge is 0.194 e. The summed E-state index contributed by atoms with van der Waals surface area (Å²) >= 11 is 0. The van der Waals surface area contributed by atoms with Crippen molar-refractivity contribution in [1.82, 2.24) is 4.98 Å². The van der Waals surface area contributed by atoms with Crippen LogP contribution in [0.5, 0.6) is 0 Å². The molecule has 3 fully saturated rings. The molecule has 1 saturated carbocycles. The molecule has 3 heterocycles. The highest BCUT2D eigenvalue weighted by Gasteiger charge is 2.74. The first kappa shape index (κ1) is 16.3. The second kappa shape index (κ2) is 4.87. The van der Waals surface area contributed by atoms with Crippen LogP contribution < -0.4 is 24.0 Å². The van der Waals surface area contributed by atoms with Gasteiger partial charge in [-0.25, -0.2) is 0 Å². The zero-order valence-electron chi connectivity index (χ0n) is 14.6. The monoisotopic (exact) mass is 450 g/mol. The predicted octanol–water partition coefficient (Wildman–Crippen LogP) is -0.0604. The third kappa shape index (κ3) is 1.77. The molecule has 2 aliphatic heterocycles. The highest BCUT2D eigenvalue weighted by atomic mass is 127. The lowest BCUT2D eigenvalue weighted by Crippen LogP contribution is -3.00. The van der Waals surface area contributed by atoms with Crippen molar-refractivity contribution in [2.24, 2.45) is 11.8 Å². The van der Waals surface area contributed by atoms with Crippen molar-refractivity contribution in [1.29, 1.82) is 0 Å². The number of aromatic nitrogens is 1. The number of aromatic amines is 1. The lowest BCUT2D eigenvalue weighted by atomic mass is 9.59. The number of H-pyrrole nitrogens is 1. The fourth-order valence-electron chi connectivity index (χ4n) is 6.79. The lowest BCUT2D eigenvalue weighted by Gasteiger charge is -2.45. The minimum absolute atomic E-state index is 0. The Hall–Kier alpha value is -0.920. The van der Waals surface area contributed by atoms with Crippen molar-refractivity contribution in [3.63, 3.8) is 0 Å². The molecule has 3 bridgehead atoms. The van der Waals surface area contributed by atoms with Gasteiger partial charge in [-0.15, -0.1) is 0 Å². The molecule has 5 heteroatoms. The third-order valence-electron chi connectivity index (χ3n) is 7.49. The number of halogens is 1. The first-order valence-corrected chi connectivity index (χ1v) is 9.18. The van der Waals surface area contributed by atoms with Gasteiger partial charge in [0, 0.05) is 34.9 Å². The number of carbonyl (C=O) groups excluding carboxylic acids is 1. The third-order valence-corrected chi connectivity index (χ3v) is 7.49. The summed E-state index contributed by atoms with van der Waals surface area (Å²) in [6.07, 6.45) is 3.16. The van der Waals surface area contributed by atoms with E-state index in [-0.39, 0.29) is 29.8 Å². The van der Waals surface area contributed by atoms with Crippen LogP contribution >= 0.6 is 0 Å². The van der Waals surface area contributed by atoms with E-state index in [2.05, 4.69) is 36.3 Å². The van der Waals surface area contributed by atoms with Crippen LogP contribution in [-0.2, 0) is 16.1 Å². The highest BCUT2D eigenvalue weighted by Crippen LogP contribution is 2.63. The summed E-state index contributed by atoms with van der Waals surface area (Å²) in [6.45, 7) is 2.81. The van der Waals surface area contributed by atoms with Gasteiger partial charge in [-0.1, -0.05) is 18.2 Å². The van der Waals surface area contributed by atoms with Gasteiger partial charge in [0.15, 0.2) is 11.4 Å². The number of hydroxylamine groups is 3. The van der Waals surface area contributed by atoms with E-state index in [1.54, 1.807) is 6.92 Å². The molecular weight excluding hydrogens is 427 g/mol. The second-order valence-electron chi connectivity index (χ2n) is 8.67. The molecular formula is C20H23IN2O2. The molecule has 0 unspecified atom stereocenters. The average Bonchev–Trinajstić information content (AvgIpc) is 2.98. The molecule has 0 spiro atoms. The number of hydrogen-bond donors (Lipinski definition) is 1. The Morgan fingerprint density at radius 2 is 2.16 bits per heavy atom. The number of carbonyl (C=O) groups is 1. The number of para-hydroxylation sites is 1. The maximum atomic E-state index is 12.7. The van der Waals surface area contributed by atoms with E-state index >= 15 is 0 Å². The molecule has 1 aromatic heterocycles. The minimum atomic E-state index is -0.541. The molecule has 1 N–H and O–H groups in total. The van der Waals surface area contributed by atoms with Gasteiger partial charge < -0.3 is 29.0 Å². The van der Waals surface area contributed by atoms with E-state index in [1.165, 1.54) is 28.6 Å².